The number of nitrogens with one attached hydrogen (secondary N) is 2. The fourth-order valence-electron chi connectivity index (χ4n) is 2.36. The Hall–Kier alpha value is -2.18. The van der Waals surface area contributed by atoms with Gasteiger partial charge in [0.15, 0.2) is 12.1 Å². The quantitative estimate of drug-likeness (QED) is 0.269. The fourth-order valence-corrected chi connectivity index (χ4v) is 2.36. The van der Waals surface area contributed by atoms with E-state index in [9.17, 15) is 20.1 Å². The number of nitrogens with zero attached hydrogens (tertiary/aromatic N) is 1. The van der Waals surface area contributed by atoms with Crippen LogP contribution in [0.1, 0.15) is 0 Å². The molecule has 134 valence electrons. The van der Waals surface area contributed by atoms with Crippen molar-refractivity contribution in [3.8, 4) is 0 Å². The first-order valence-electron chi connectivity index (χ1n) is 7.15. The van der Waals surface area contributed by atoms with Crippen molar-refractivity contribution in [2.45, 2.75) is 30.6 Å². The maximum atomic E-state index is 12.0. The van der Waals surface area contributed by atoms with Crippen molar-refractivity contribution in [2.24, 2.45) is 0 Å². The van der Waals surface area contributed by atoms with Crippen LogP contribution >= 0.6 is 0 Å². The van der Waals surface area contributed by atoms with Crippen LogP contribution in [-0.4, -0.2) is 69.1 Å². The van der Waals surface area contributed by atoms with Crippen LogP contribution in [0.15, 0.2) is 17.4 Å². The fraction of sp³-hybridized carbons (Fsp3) is 0.538. The number of aromatic nitrogens is 2. The Labute approximate surface area is 136 Å². The summed E-state index contributed by atoms with van der Waals surface area (Å²) in [5.74, 6) is -0.354. The van der Waals surface area contributed by atoms with Gasteiger partial charge in [-0.05, 0) is 0 Å². The smallest absolute Gasteiger partial charge is 0.277 e. The average Bonchev–Trinajstić information content (AvgIpc) is 2.53. The molecule has 1 aromatic heterocycles. The lowest BCUT2D eigenvalue weighted by molar-refractivity contribution is -0.259. The van der Waals surface area contributed by atoms with Crippen molar-refractivity contribution < 1.29 is 24.8 Å². The summed E-state index contributed by atoms with van der Waals surface area (Å²) in [7, 11) is 0. The largest absolute Gasteiger partial charge is 0.394 e. The number of nitrogens with two attached hydrogens (primary N) is 2. The average molecular weight is 343 g/mol. The molecule has 1 aromatic rings. The van der Waals surface area contributed by atoms with Crippen molar-refractivity contribution in [1.82, 2.24) is 9.97 Å². The van der Waals surface area contributed by atoms with Gasteiger partial charge in [-0.3, -0.25) is 9.78 Å². The molecular formula is C13H21N5O6. The van der Waals surface area contributed by atoms with Gasteiger partial charge in [0.05, 0.1) is 13.2 Å². The Bertz CT molecular complexity index is 638. The van der Waals surface area contributed by atoms with E-state index in [0.29, 0.717) is 0 Å². The number of nitrogen functional groups attached to an aromatic ring is 2. The Balaban J connectivity index is 2.30. The second-order valence-corrected chi connectivity index (χ2v) is 5.21. The van der Waals surface area contributed by atoms with E-state index in [0.717, 1.165) is 0 Å². The molecular weight excluding hydrogens is 322 g/mol. The molecule has 0 aromatic carbocycles. The number of H-pyrrole nitrogens is 1. The van der Waals surface area contributed by atoms with Gasteiger partial charge < -0.3 is 41.6 Å². The Morgan fingerprint density at radius 1 is 1.42 bits per heavy atom. The van der Waals surface area contributed by atoms with Crippen LogP contribution in [0, 0.1) is 0 Å². The Kier molecular flexibility index (Phi) is 5.75. The first-order chi connectivity index (χ1) is 11.4. The molecule has 1 fully saturated rings. The summed E-state index contributed by atoms with van der Waals surface area (Å²) in [4.78, 5) is 17.9. The lowest BCUT2D eigenvalue weighted by atomic mass is 9.97. The normalized spacial score (nSPS) is 30.0. The molecule has 1 saturated heterocycles. The number of hydrogen-bond donors (Lipinski definition) is 7. The monoisotopic (exact) mass is 343 g/mol. The van der Waals surface area contributed by atoms with Gasteiger partial charge in [0.25, 0.3) is 5.56 Å². The van der Waals surface area contributed by atoms with E-state index in [4.69, 9.17) is 20.9 Å². The van der Waals surface area contributed by atoms with E-state index in [1.165, 1.54) is 6.08 Å². The molecule has 24 heavy (non-hydrogen) atoms. The molecule has 11 heteroatoms. The van der Waals surface area contributed by atoms with Gasteiger partial charge in [0.2, 0.25) is 5.95 Å². The van der Waals surface area contributed by atoms with Gasteiger partial charge in [-0.2, -0.15) is 4.98 Å². The van der Waals surface area contributed by atoms with Crippen molar-refractivity contribution >= 4 is 17.5 Å². The molecule has 0 radical (unpaired) electrons. The van der Waals surface area contributed by atoms with E-state index in [1.54, 1.807) is 0 Å². The highest BCUT2D eigenvalue weighted by atomic mass is 16.7. The number of rotatable bonds is 6. The zero-order valence-electron chi connectivity index (χ0n) is 12.8. The predicted molar refractivity (Wildman–Crippen MR) is 85.0 cm³/mol. The molecule has 0 bridgehead atoms. The Morgan fingerprint density at radius 2 is 2.12 bits per heavy atom. The molecule has 0 aliphatic carbocycles. The topological polar surface area (TPSA) is 189 Å². The summed E-state index contributed by atoms with van der Waals surface area (Å²) in [6, 6.07) is -1.06. The number of hydrogen-bond acceptors (Lipinski definition) is 10. The molecule has 1 aliphatic heterocycles. The summed E-state index contributed by atoms with van der Waals surface area (Å²) < 4.78 is 10.8. The first kappa shape index (κ1) is 18.2. The minimum absolute atomic E-state index is 0.0790. The minimum Gasteiger partial charge on any atom is -0.394 e. The van der Waals surface area contributed by atoms with Gasteiger partial charge in [-0.1, -0.05) is 6.08 Å². The maximum Gasteiger partial charge on any atom is 0.277 e. The second-order valence-electron chi connectivity index (χ2n) is 5.21. The van der Waals surface area contributed by atoms with E-state index in [-0.39, 0.29) is 24.1 Å². The molecule has 5 atom stereocenters. The molecule has 0 saturated carbocycles. The Morgan fingerprint density at radius 3 is 2.71 bits per heavy atom. The van der Waals surface area contributed by atoms with Gasteiger partial charge in [-0.25, -0.2) is 0 Å². The van der Waals surface area contributed by atoms with Gasteiger partial charge >= 0.3 is 0 Å². The minimum atomic E-state index is -1.41. The van der Waals surface area contributed by atoms with Crippen LogP contribution in [0.4, 0.5) is 17.5 Å². The van der Waals surface area contributed by atoms with Crippen LogP contribution in [0.5, 0.6) is 0 Å². The standard InChI is InChI=1S/C13H21N5O6/c1-2-3-23-12-6(9(21)8(20)5(4-19)24-12)16-7-10(14)17-13(15)18-11(7)22/h2,5-6,8-9,12,16,19-21H,1,3-4H2,(H5,14,15,17,18,22). The summed E-state index contributed by atoms with van der Waals surface area (Å²) in [6.07, 6.45) is -3.50. The van der Waals surface area contributed by atoms with Crippen LogP contribution < -0.4 is 22.3 Å². The lowest BCUT2D eigenvalue weighted by Crippen LogP contribution is -2.62. The SMILES string of the molecule is C=CCOC1OC(CO)C(O)C(O)C1Nc1c(N)nc(N)[nH]c1=O. The second kappa shape index (κ2) is 7.59. The molecule has 5 unspecified atom stereocenters. The molecule has 9 N–H and O–H groups in total. The first-order valence-corrected chi connectivity index (χ1v) is 7.15. The van der Waals surface area contributed by atoms with Crippen molar-refractivity contribution in [3.05, 3.63) is 23.0 Å². The summed E-state index contributed by atoms with van der Waals surface area (Å²) in [5, 5.41) is 32.2. The number of aromatic amines is 1. The van der Waals surface area contributed by atoms with Gasteiger partial charge in [-0.15, -0.1) is 6.58 Å². The van der Waals surface area contributed by atoms with Crippen LogP contribution in [0.2, 0.25) is 0 Å². The number of aliphatic hydroxyl groups excluding tert-OH is 3. The highest BCUT2D eigenvalue weighted by molar-refractivity contribution is 5.62. The molecule has 2 rings (SSSR count). The van der Waals surface area contributed by atoms with Crippen LogP contribution in [-0.2, 0) is 9.47 Å². The van der Waals surface area contributed by atoms with Crippen molar-refractivity contribution in [3.63, 3.8) is 0 Å². The zero-order valence-corrected chi connectivity index (χ0v) is 12.8. The van der Waals surface area contributed by atoms with E-state index < -0.39 is 42.8 Å². The molecule has 1 aliphatic rings. The molecule has 11 nitrogen and oxygen atoms in total. The highest BCUT2D eigenvalue weighted by Gasteiger charge is 2.45. The van der Waals surface area contributed by atoms with E-state index in [1.807, 2.05) is 0 Å². The van der Waals surface area contributed by atoms with Crippen LogP contribution in [0.25, 0.3) is 0 Å². The number of ether oxygens (including phenoxy) is 2. The number of aliphatic hydroxyl groups is 3. The third kappa shape index (κ3) is 3.66. The summed E-state index contributed by atoms with van der Waals surface area (Å²) >= 11 is 0. The summed E-state index contributed by atoms with van der Waals surface area (Å²) in [6.45, 7) is 3.06. The maximum absolute atomic E-state index is 12.0. The summed E-state index contributed by atoms with van der Waals surface area (Å²) in [5.41, 5.74) is 10.2. The third-order valence-corrected chi connectivity index (χ3v) is 3.54. The van der Waals surface area contributed by atoms with E-state index >= 15 is 0 Å². The van der Waals surface area contributed by atoms with Gasteiger partial charge in [0.1, 0.15) is 30.0 Å². The molecule has 0 spiro atoms. The number of anilines is 3. The highest BCUT2D eigenvalue weighted by Crippen LogP contribution is 2.25. The van der Waals surface area contributed by atoms with Crippen molar-refractivity contribution in [1.29, 1.82) is 0 Å². The molecule has 2 heterocycles. The lowest BCUT2D eigenvalue weighted by Gasteiger charge is -2.42. The van der Waals surface area contributed by atoms with Gasteiger partial charge in [0, 0.05) is 0 Å². The predicted octanol–water partition coefficient (Wildman–Crippen LogP) is -2.64. The zero-order chi connectivity index (χ0) is 17.9. The molecule has 0 amide bonds. The van der Waals surface area contributed by atoms with Crippen molar-refractivity contribution in [2.75, 3.05) is 30.0 Å². The van der Waals surface area contributed by atoms with Crippen LogP contribution in [0.3, 0.4) is 0 Å². The third-order valence-electron chi connectivity index (χ3n) is 3.54. The van der Waals surface area contributed by atoms with E-state index in [2.05, 4.69) is 21.9 Å².